The molecule has 122 valence electrons. The van der Waals surface area contributed by atoms with Gasteiger partial charge in [-0.3, -0.25) is 0 Å². The first kappa shape index (κ1) is 20.3. The third kappa shape index (κ3) is 6.36. The third-order valence-corrected chi connectivity index (χ3v) is 2.68. The van der Waals surface area contributed by atoms with Crippen LogP contribution in [0.15, 0.2) is 30.3 Å². The summed E-state index contributed by atoms with van der Waals surface area (Å²) in [5.41, 5.74) is 0.928. The van der Waals surface area contributed by atoms with E-state index in [0.717, 1.165) is 0 Å². The zero-order valence-corrected chi connectivity index (χ0v) is 14.4. The molecule has 0 bridgehead atoms. The van der Waals surface area contributed by atoms with Gasteiger partial charge in [-0.2, -0.15) is 4.80 Å². The number of rotatable bonds is 5. The van der Waals surface area contributed by atoms with E-state index in [-0.39, 0.29) is 5.54 Å². The normalized spacial score (nSPS) is 12.1. The van der Waals surface area contributed by atoms with Crippen molar-refractivity contribution in [3.05, 3.63) is 36.1 Å². The van der Waals surface area contributed by atoms with Crippen molar-refractivity contribution in [2.24, 2.45) is 0 Å². The summed E-state index contributed by atoms with van der Waals surface area (Å²) in [6, 6.07) is 0. The largest absolute Gasteiger partial charge is 0.484 e. The van der Waals surface area contributed by atoms with Crippen molar-refractivity contribution in [3.8, 4) is 0 Å². The standard InChI is InChI=1S/C13H21BN4O2.C2H6/c1-6-11(14(19)20)9-7-8-10(2)12-15-17-18(16-12)13(3,4)5;1-2/h6-8,19-20H,2,9H2,1,3-5H3;1-2H3/b8-7-,11-6+;. The first-order valence-corrected chi connectivity index (χ1v) is 7.43. The molecule has 0 aliphatic rings. The molecule has 0 radical (unpaired) electrons. The SMILES string of the molecule is C=C(/C=C\C/C(=C\C)B(O)O)c1nnn(C(C)(C)C)n1.CC. The van der Waals surface area contributed by atoms with Crippen LogP contribution >= 0.6 is 0 Å². The lowest BCUT2D eigenvalue weighted by Gasteiger charge is -2.15. The Kier molecular flexibility index (Phi) is 8.59. The summed E-state index contributed by atoms with van der Waals surface area (Å²) in [5, 5.41) is 30.4. The van der Waals surface area contributed by atoms with E-state index in [1.807, 2.05) is 34.6 Å². The molecule has 22 heavy (non-hydrogen) atoms. The van der Waals surface area contributed by atoms with Gasteiger partial charge in [-0.1, -0.05) is 38.7 Å². The van der Waals surface area contributed by atoms with Gasteiger partial charge < -0.3 is 10.0 Å². The van der Waals surface area contributed by atoms with Crippen LogP contribution in [-0.4, -0.2) is 37.4 Å². The zero-order valence-electron chi connectivity index (χ0n) is 14.4. The van der Waals surface area contributed by atoms with Gasteiger partial charge in [-0.15, -0.1) is 10.2 Å². The first-order valence-electron chi connectivity index (χ1n) is 7.43. The molecule has 1 aromatic heterocycles. The van der Waals surface area contributed by atoms with Gasteiger partial charge in [0, 0.05) is 5.57 Å². The summed E-state index contributed by atoms with van der Waals surface area (Å²) in [7, 11) is -1.43. The Morgan fingerprint density at radius 1 is 1.32 bits per heavy atom. The number of hydrogen-bond donors (Lipinski definition) is 2. The zero-order chi connectivity index (χ0) is 17.3. The quantitative estimate of drug-likeness (QED) is 0.644. The summed E-state index contributed by atoms with van der Waals surface area (Å²) in [6.07, 6.45) is 5.64. The highest BCUT2D eigenvalue weighted by Crippen LogP contribution is 2.14. The van der Waals surface area contributed by atoms with Crippen molar-refractivity contribution in [1.29, 1.82) is 0 Å². The number of tetrazole rings is 1. The molecule has 1 rings (SSSR count). The van der Waals surface area contributed by atoms with E-state index in [9.17, 15) is 0 Å². The lowest BCUT2D eigenvalue weighted by molar-refractivity contribution is 0.306. The van der Waals surface area contributed by atoms with Crippen LogP contribution in [0.1, 0.15) is 53.8 Å². The maximum atomic E-state index is 9.08. The lowest BCUT2D eigenvalue weighted by atomic mass is 9.77. The summed E-state index contributed by atoms with van der Waals surface area (Å²) in [4.78, 5) is 1.54. The molecule has 0 aliphatic carbocycles. The van der Waals surface area contributed by atoms with Crippen molar-refractivity contribution >= 4 is 12.7 Å². The molecule has 0 atom stereocenters. The minimum atomic E-state index is -1.43. The van der Waals surface area contributed by atoms with E-state index in [1.54, 1.807) is 25.2 Å². The van der Waals surface area contributed by atoms with Crippen LogP contribution in [0.4, 0.5) is 0 Å². The van der Waals surface area contributed by atoms with E-state index in [0.29, 0.717) is 23.3 Å². The van der Waals surface area contributed by atoms with Gasteiger partial charge in [-0.25, -0.2) is 0 Å². The fourth-order valence-electron chi connectivity index (χ4n) is 1.41. The minimum Gasteiger partial charge on any atom is -0.423 e. The van der Waals surface area contributed by atoms with E-state index in [1.165, 1.54) is 4.80 Å². The number of aromatic nitrogens is 4. The second-order valence-electron chi connectivity index (χ2n) is 5.44. The Labute approximate surface area is 133 Å². The predicted molar refractivity (Wildman–Crippen MR) is 90.9 cm³/mol. The number of hydrogen-bond acceptors (Lipinski definition) is 5. The fraction of sp³-hybridized carbons (Fsp3) is 0.533. The summed E-state index contributed by atoms with van der Waals surface area (Å²) >= 11 is 0. The van der Waals surface area contributed by atoms with E-state index >= 15 is 0 Å². The second-order valence-corrected chi connectivity index (χ2v) is 5.44. The van der Waals surface area contributed by atoms with Gasteiger partial charge in [0.15, 0.2) is 0 Å². The van der Waals surface area contributed by atoms with Crippen molar-refractivity contribution in [2.75, 3.05) is 0 Å². The smallest absolute Gasteiger partial charge is 0.423 e. The third-order valence-electron chi connectivity index (χ3n) is 2.68. The lowest BCUT2D eigenvalue weighted by Crippen LogP contribution is -2.24. The fourth-order valence-corrected chi connectivity index (χ4v) is 1.41. The van der Waals surface area contributed by atoms with Gasteiger partial charge in [0.2, 0.25) is 5.82 Å². The maximum absolute atomic E-state index is 9.08. The summed E-state index contributed by atoms with van der Waals surface area (Å²) in [6.45, 7) is 15.6. The average molecular weight is 306 g/mol. The van der Waals surface area contributed by atoms with Gasteiger partial charge in [-0.05, 0) is 44.8 Å². The molecule has 0 saturated carbocycles. The van der Waals surface area contributed by atoms with Crippen molar-refractivity contribution < 1.29 is 10.0 Å². The second kappa shape index (κ2) is 9.32. The Morgan fingerprint density at radius 3 is 2.32 bits per heavy atom. The van der Waals surface area contributed by atoms with Gasteiger partial charge >= 0.3 is 7.12 Å². The molecular formula is C15H27BN4O2. The molecule has 0 saturated heterocycles. The van der Waals surface area contributed by atoms with Crippen LogP contribution in [-0.2, 0) is 5.54 Å². The average Bonchev–Trinajstić information content (AvgIpc) is 2.95. The highest BCUT2D eigenvalue weighted by atomic mass is 16.4. The summed E-state index contributed by atoms with van der Waals surface area (Å²) in [5.74, 6) is 0.461. The molecule has 6 nitrogen and oxygen atoms in total. The van der Waals surface area contributed by atoms with E-state index in [2.05, 4.69) is 22.0 Å². The van der Waals surface area contributed by atoms with Crippen molar-refractivity contribution in [1.82, 2.24) is 20.2 Å². The molecule has 0 fully saturated rings. The Bertz CT molecular complexity index is 528. The predicted octanol–water partition coefficient (Wildman–Crippen LogP) is 2.37. The number of allylic oxidation sites excluding steroid dienone is 5. The van der Waals surface area contributed by atoms with E-state index < -0.39 is 7.12 Å². The summed E-state index contributed by atoms with van der Waals surface area (Å²) < 4.78 is 0. The number of nitrogens with zero attached hydrogens (tertiary/aromatic N) is 4. The minimum absolute atomic E-state index is 0.228. The molecule has 1 aromatic rings. The molecule has 7 heteroatoms. The van der Waals surface area contributed by atoms with Crippen LogP contribution < -0.4 is 0 Å². The van der Waals surface area contributed by atoms with E-state index in [4.69, 9.17) is 10.0 Å². The van der Waals surface area contributed by atoms with Gasteiger partial charge in [0.1, 0.15) is 0 Å². The van der Waals surface area contributed by atoms with Crippen LogP contribution in [0.5, 0.6) is 0 Å². The molecule has 2 N–H and O–H groups in total. The van der Waals surface area contributed by atoms with Crippen molar-refractivity contribution in [2.45, 2.75) is 53.5 Å². The molecule has 0 unspecified atom stereocenters. The first-order chi connectivity index (χ1) is 10.3. The monoisotopic (exact) mass is 306 g/mol. The molecule has 1 heterocycles. The molecular weight excluding hydrogens is 279 g/mol. The Hall–Kier alpha value is -1.73. The Balaban J connectivity index is 0.00000211. The molecule has 0 amide bonds. The maximum Gasteiger partial charge on any atom is 0.484 e. The molecule has 0 spiro atoms. The van der Waals surface area contributed by atoms with Crippen molar-refractivity contribution in [3.63, 3.8) is 0 Å². The van der Waals surface area contributed by atoms with Gasteiger partial charge in [0.25, 0.3) is 0 Å². The highest BCUT2D eigenvalue weighted by molar-refractivity contribution is 6.50. The van der Waals surface area contributed by atoms with Crippen LogP contribution in [0.2, 0.25) is 0 Å². The molecule has 0 aliphatic heterocycles. The highest BCUT2D eigenvalue weighted by Gasteiger charge is 2.17. The Morgan fingerprint density at radius 2 is 1.91 bits per heavy atom. The molecule has 0 aromatic carbocycles. The van der Waals surface area contributed by atoms with Crippen LogP contribution in [0.25, 0.3) is 5.57 Å². The topological polar surface area (TPSA) is 84.1 Å². The van der Waals surface area contributed by atoms with Crippen LogP contribution in [0.3, 0.4) is 0 Å². The van der Waals surface area contributed by atoms with Gasteiger partial charge in [0.05, 0.1) is 5.54 Å². The van der Waals surface area contributed by atoms with Crippen LogP contribution in [0, 0.1) is 0 Å².